The number of hydrogen-bond donors (Lipinski definition) is 1. The molecule has 0 spiro atoms. The van der Waals surface area contributed by atoms with Crippen LogP contribution in [0.25, 0.3) is 0 Å². The van der Waals surface area contributed by atoms with Gasteiger partial charge in [-0.15, -0.1) is 0 Å². The minimum Gasteiger partial charge on any atom is -0.481 e. The smallest absolute Gasteiger partial charge is 0.416 e. The third-order valence-corrected chi connectivity index (χ3v) is 7.09. The van der Waals surface area contributed by atoms with Crippen LogP contribution in [0.5, 0.6) is 0 Å². The Morgan fingerprint density at radius 2 is 1.53 bits per heavy atom. The molecule has 2 aromatic rings. The Morgan fingerprint density at radius 1 is 0.944 bits per heavy atom. The van der Waals surface area contributed by atoms with Crippen molar-refractivity contribution in [1.29, 1.82) is 0 Å². The number of carboxylic acids is 1. The number of rotatable bonds is 6. The molecule has 2 heterocycles. The van der Waals surface area contributed by atoms with Gasteiger partial charge in [-0.05, 0) is 73.5 Å². The highest BCUT2D eigenvalue weighted by Gasteiger charge is 2.41. The first-order valence-corrected chi connectivity index (χ1v) is 11.9. The maximum absolute atomic E-state index is 13.2. The van der Waals surface area contributed by atoms with E-state index in [1.54, 1.807) is 0 Å². The van der Waals surface area contributed by atoms with E-state index < -0.39 is 41.5 Å². The number of benzene rings is 2. The van der Waals surface area contributed by atoms with Gasteiger partial charge in [0, 0.05) is 19.1 Å². The molecule has 2 aliphatic heterocycles. The Labute approximate surface area is 204 Å². The standard InChI is InChI=1S/C26H27F6NO3/c27-25(28,29)19-7-3-17(4-8-19)21-14-16(15-23(34)35)11-12-33(21)24(22-2-1-13-36-22)18-5-9-20(10-6-18)26(30,31)32/h3-10,16,21-22,24H,1-2,11-15H2,(H,34,35)/t16-,21+,22?,24+/m1/s1. The molecule has 4 atom stereocenters. The van der Waals surface area contributed by atoms with Gasteiger partial charge in [0.05, 0.1) is 23.3 Å². The fraction of sp³-hybridized carbons (Fsp3) is 0.500. The van der Waals surface area contributed by atoms with Gasteiger partial charge < -0.3 is 9.84 Å². The largest absolute Gasteiger partial charge is 0.481 e. The monoisotopic (exact) mass is 515 g/mol. The van der Waals surface area contributed by atoms with Gasteiger partial charge in [0.25, 0.3) is 0 Å². The van der Waals surface area contributed by atoms with Crippen molar-refractivity contribution >= 4 is 5.97 Å². The topological polar surface area (TPSA) is 49.8 Å². The van der Waals surface area contributed by atoms with Crippen LogP contribution in [0.4, 0.5) is 26.3 Å². The molecule has 196 valence electrons. The molecule has 10 heteroatoms. The molecule has 0 aromatic heterocycles. The van der Waals surface area contributed by atoms with Crippen molar-refractivity contribution in [3.63, 3.8) is 0 Å². The summed E-state index contributed by atoms with van der Waals surface area (Å²) in [7, 11) is 0. The maximum Gasteiger partial charge on any atom is 0.416 e. The van der Waals surface area contributed by atoms with Crippen LogP contribution < -0.4 is 0 Å². The van der Waals surface area contributed by atoms with E-state index >= 15 is 0 Å². The van der Waals surface area contributed by atoms with Crippen molar-refractivity contribution in [1.82, 2.24) is 4.90 Å². The number of halogens is 6. The Kier molecular flexibility index (Phi) is 7.66. The van der Waals surface area contributed by atoms with Crippen LogP contribution in [0, 0.1) is 5.92 Å². The first-order chi connectivity index (χ1) is 16.9. The molecule has 1 N–H and O–H groups in total. The van der Waals surface area contributed by atoms with Crippen molar-refractivity contribution in [3.8, 4) is 0 Å². The fourth-order valence-corrected chi connectivity index (χ4v) is 5.38. The lowest BCUT2D eigenvalue weighted by atomic mass is 9.82. The van der Waals surface area contributed by atoms with Gasteiger partial charge in [0.15, 0.2) is 0 Å². The summed E-state index contributed by atoms with van der Waals surface area (Å²) in [6, 6.07) is 8.91. The first kappa shape index (κ1) is 26.5. The van der Waals surface area contributed by atoms with Crippen molar-refractivity contribution in [2.75, 3.05) is 13.2 Å². The average molecular weight is 515 g/mol. The quantitative estimate of drug-likeness (QED) is 0.427. The molecule has 2 aliphatic rings. The van der Waals surface area contributed by atoms with Gasteiger partial charge in [-0.3, -0.25) is 9.69 Å². The third kappa shape index (κ3) is 6.03. The maximum atomic E-state index is 13.2. The summed E-state index contributed by atoms with van der Waals surface area (Å²) in [5, 5.41) is 9.32. The summed E-state index contributed by atoms with van der Waals surface area (Å²) >= 11 is 0. The minimum absolute atomic E-state index is 0.0597. The molecular formula is C26H27F6NO3. The zero-order valence-electron chi connectivity index (χ0n) is 19.4. The van der Waals surface area contributed by atoms with E-state index in [-0.39, 0.29) is 18.4 Å². The summed E-state index contributed by atoms with van der Waals surface area (Å²) in [4.78, 5) is 13.4. The van der Waals surface area contributed by atoms with Crippen LogP contribution >= 0.6 is 0 Å². The molecule has 2 fully saturated rings. The van der Waals surface area contributed by atoms with Crippen molar-refractivity contribution in [3.05, 3.63) is 70.8 Å². The lowest BCUT2D eigenvalue weighted by Crippen LogP contribution is -2.44. The van der Waals surface area contributed by atoms with Crippen LogP contribution in [0.15, 0.2) is 48.5 Å². The second kappa shape index (κ2) is 10.4. The Balaban J connectivity index is 1.71. The molecule has 1 unspecified atom stereocenters. The Bertz CT molecular complexity index is 1030. The molecule has 2 saturated heterocycles. The van der Waals surface area contributed by atoms with Crippen LogP contribution in [-0.4, -0.2) is 35.2 Å². The number of likely N-dealkylation sites (tertiary alicyclic amines) is 1. The number of nitrogens with zero attached hydrogens (tertiary/aromatic N) is 1. The highest BCUT2D eigenvalue weighted by molar-refractivity contribution is 5.67. The van der Waals surface area contributed by atoms with Gasteiger partial charge >= 0.3 is 18.3 Å². The SMILES string of the molecule is O=C(O)C[C@@H]1CCN([C@@H](c2ccc(C(F)(F)F)cc2)C2CCCO2)[C@H](c2ccc(C(F)(F)F)cc2)C1. The van der Waals surface area contributed by atoms with Gasteiger partial charge in [0.2, 0.25) is 0 Å². The summed E-state index contributed by atoms with van der Waals surface area (Å²) in [5.41, 5.74) is -0.317. The summed E-state index contributed by atoms with van der Waals surface area (Å²) in [5.74, 6) is -1.12. The second-order valence-corrected chi connectivity index (χ2v) is 9.48. The van der Waals surface area contributed by atoms with Crippen LogP contribution in [-0.2, 0) is 21.9 Å². The normalized spacial score (nSPS) is 24.6. The highest BCUT2D eigenvalue weighted by atomic mass is 19.4. The van der Waals surface area contributed by atoms with Gasteiger partial charge in [-0.1, -0.05) is 24.3 Å². The lowest BCUT2D eigenvalue weighted by Gasteiger charge is -2.46. The predicted molar refractivity (Wildman–Crippen MR) is 119 cm³/mol. The minimum atomic E-state index is -4.49. The summed E-state index contributed by atoms with van der Waals surface area (Å²) in [6.45, 7) is 0.956. The molecule has 0 bridgehead atoms. The van der Waals surface area contributed by atoms with Crippen molar-refractivity contribution in [2.24, 2.45) is 5.92 Å². The molecular weight excluding hydrogens is 488 g/mol. The molecule has 4 rings (SSSR count). The van der Waals surface area contributed by atoms with Crippen LogP contribution in [0.2, 0.25) is 0 Å². The van der Waals surface area contributed by atoms with E-state index in [0.29, 0.717) is 43.5 Å². The number of hydrogen-bond acceptors (Lipinski definition) is 3. The summed E-state index contributed by atoms with van der Waals surface area (Å²) in [6.07, 6.45) is -6.88. The van der Waals surface area contributed by atoms with Gasteiger partial charge in [-0.2, -0.15) is 26.3 Å². The number of piperidine rings is 1. The molecule has 0 saturated carbocycles. The fourth-order valence-electron chi connectivity index (χ4n) is 5.38. The van der Waals surface area contributed by atoms with Crippen LogP contribution in [0.3, 0.4) is 0 Å². The van der Waals surface area contributed by atoms with Gasteiger partial charge in [-0.25, -0.2) is 0 Å². The zero-order chi connectivity index (χ0) is 26.1. The lowest BCUT2D eigenvalue weighted by molar-refractivity contribution is -0.139. The molecule has 2 aromatic carbocycles. The Morgan fingerprint density at radius 3 is 2.03 bits per heavy atom. The predicted octanol–water partition coefficient (Wildman–Crippen LogP) is 6.87. The van der Waals surface area contributed by atoms with Crippen molar-refractivity contribution < 1.29 is 41.0 Å². The van der Waals surface area contributed by atoms with E-state index in [1.165, 1.54) is 24.3 Å². The molecule has 0 aliphatic carbocycles. The van der Waals surface area contributed by atoms with Crippen LogP contribution in [0.1, 0.15) is 66.4 Å². The molecule has 4 nitrogen and oxygen atoms in total. The molecule has 0 amide bonds. The first-order valence-electron chi connectivity index (χ1n) is 11.9. The third-order valence-electron chi connectivity index (χ3n) is 7.09. The number of ether oxygens (including phenoxy) is 1. The van der Waals surface area contributed by atoms with E-state index in [0.717, 1.165) is 30.7 Å². The highest BCUT2D eigenvalue weighted by Crippen LogP contribution is 2.45. The van der Waals surface area contributed by atoms with Crippen molar-refractivity contribution in [2.45, 2.75) is 62.6 Å². The summed E-state index contributed by atoms with van der Waals surface area (Å²) < 4.78 is 84.9. The number of carboxylic acid groups (broad SMARTS) is 1. The van der Waals surface area contributed by atoms with Gasteiger partial charge in [0.1, 0.15) is 0 Å². The zero-order valence-corrected chi connectivity index (χ0v) is 19.4. The molecule has 36 heavy (non-hydrogen) atoms. The second-order valence-electron chi connectivity index (χ2n) is 9.48. The van der Waals surface area contributed by atoms with E-state index in [4.69, 9.17) is 4.74 Å². The molecule has 0 radical (unpaired) electrons. The van der Waals surface area contributed by atoms with E-state index in [1.807, 2.05) is 0 Å². The average Bonchev–Trinajstić information content (AvgIpc) is 3.33. The number of carbonyl (C=O) groups is 1. The Hall–Kier alpha value is -2.59. The number of alkyl halides is 6. The van der Waals surface area contributed by atoms with E-state index in [9.17, 15) is 36.2 Å². The number of aliphatic carboxylic acids is 1. The van der Waals surface area contributed by atoms with E-state index in [2.05, 4.69) is 4.90 Å².